The van der Waals surface area contributed by atoms with Crippen molar-refractivity contribution >= 4 is 17.8 Å². The van der Waals surface area contributed by atoms with E-state index in [1.54, 1.807) is 6.92 Å². The minimum Gasteiger partial charge on any atom is -0.394 e. The van der Waals surface area contributed by atoms with Crippen molar-refractivity contribution in [3.8, 4) is 0 Å². The highest BCUT2D eigenvalue weighted by Crippen LogP contribution is 2.06. The molecule has 0 bridgehead atoms. The molecule has 1 rings (SSSR count). The van der Waals surface area contributed by atoms with Crippen molar-refractivity contribution < 1.29 is 19.5 Å². The molecule has 1 atom stereocenters. The standard InChI is InChI=1S/C9H15N3O4/c1-6(5-13)10-7(14)3-12-8(15)4-11(2)9(12)16/h6,13H,3-5H2,1-2H3,(H,10,14)/t6-/m1/s1. The van der Waals surface area contributed by atoms with Gasteiger partial charge in [-0.05, 0) is 6.92 Å². The minimum absolute atomic E-state index is 0.00165. The molecule has 2 N–H and O–H groups in total. The molecule has 1 heterocycles. The molecule has 1 fully saturated rings. The van der Waals surface area contributed by atoms with Gasteiger partial charge in [0.1, 0.15) is 13.1 Å². The maximum Gasteiger partial charge on any atom is 0.327 e. The quantitative estimate of drug-likeness (QED) is 0.567. The molecule has 90 valence electrons. The highest BCUT2D eigenvalue weighted by Gasteiger charge is 2.34. The summed E-state index contributed by atoms with van der Waals surface area (Å²) in [4.78, 5) is 36.2. The molecular formula is C9H15N3O4. The minimum atomic E-state index is -0.475. The summed E-state index contributed by atoms with van der Waals surface area (Å²) in [6.45, 7) is 1.14. The zero-order valence-electron chi connectivity index (χ0n) is 9.27. The first-order valence-corrected chi connectivity index (χ1v) is 4.91. The summed E-state index contributed by atoms with van der Waals surface area (Å²) >= 11 is 0. The third kappa shape index (κ3) is 2.69. The monoisotopic (exact) mass is 229 g/mol. The van der Waals surface area contributed by atoms with Crippen molar-refractivity contribution in [3.05, 3.63) is 0 Å². The number of aliphatic hydroxyl groups is 1. The highest BCUT2D eigenvalue weighted by molar-refractivity contribution is 6.04. The number of carbonyl (C=O) groups excluding carboxylic acids is 3. The second kappa shape index (κ2) is 4.93. The number of urea groups is 1. The summed E-state index contributed by atoms with van der Waals surface area (Å²) in [6.07, 6.45) is 0. The van der Waals surface area contributed by atoms with Crippen LogP contribution >= 0.6 is 0 Å². The summed E-state index contributed by atoms with van der Waals surface area (Å²) in [5, 5.41) is 11.2. The van der Waals surface area contributed by atoms with Crippen LogP contribution in [0.4, 0.5) is 4.79 Å². The van der Waals surface area contributed by atoms with Gasteiger partial charge in [-0.25, -0.2) is 4.79 Å². The van der Waals surface area contributed by atoms with Gasteiger partial charge in [-0.15, -0.1) is 0 Å². The molecule has 0 aromatic heterocycles. The Kier molecular flexibility index (Phi) is 3.83. The van der Waals surface area contributed by atoms with Gasteiger partial charge >= 0.3 is 6.03 Å². The third-order valence-electron chi connectivity index (χ3n) is 2.21. The molecule has 7 heteroatoms. The van der Waals surface area contributed by atoms with E-state index in [2.05, 4.69) is 5.32 Å². The molecular weight excluding hydrogens is 214 g/mol. The number of carbonyl (C=O) groups is 3. The van der Waals surface area contributed by atoms with E-state index in [0.29, 0.717) is 0 Å². The topological polar surface area (TPSA) is 89.9 Å². The SMILES string of the molecule is C[C@H](CO)NC(=O)CN1C(=O)CN(C)C1=O. The fourth-order valence-corrected chi connectivity index (χ4v) is 1.33. The maximum absolute atomic E-state index is 11.4. The second-order valence-electron chi connectivity index (χ2n) is 3.77. The fraction of sp³-hybridized carbons (Fsp3) is 0.667. The molecule has 0 unspecified atom stereocenters. The molecule has 16 heavy (non-hydrogen) atoms. The lowest BCUT2D eigenvalue weighted by Crippen LogP contribution is -2.44. The zero-order chi connectivity index (χ0) is 12.3. The lowest BCUT2D eigenvalue weighted by molar-refractivity contribution is -0.131. The molecule has 0 saturated carbocycles. The Labute approximate surface area is 93.0 Å². The van der Waals surface area contributed by atoms with Gasteiger partial charge in [-0.2, -0.15) is 0 Å². The number of hydrogen-bond acceptors (Lipinski definition) is 4. The van der Waals surface area contributed by atoms with Gasteiger partial charge < -0.3 is 15.3 Å². The number of imide groups is 1. The largest absolute Gasteiger partial charge is 0.394 e. The number of nitrogens with zero attached hydrogens (tertiary/aromatic N) is 2. The summed E-state index contributed by atoms with van der Waals surface area (Å²) in [7, 11) is 1.49. The second-order valence-corrected chi connectivity index (χ2v) is 3.77. The summed E-state index contributed by atoms with van der Waals surface area (Å²) in [5.41, 5.74) is 0. The van der Waals surface area contributed by atoms with E-state index in [1.807, 2.05) is 0 Å². The molecule has 7 nitrogen and oxygen atoms in total. The molecule has 0 aliphatic carbocycles. The van der Waals surface area contributed by atoms with E-state index in [-0.39, 0.29) is 25.6 Å². The Morgan fingerprint density at radius 2 is 2.19 bits per heavy atom. The smallest absolute Gasteiger partial charge is 0.327 e. The van der Waals surface area contributed by atoms with Crippen molar-refractivity contribution in [1.82, 2.24) is 15.1 Å². The van der Waals surface area contributed by atoms with E-state index in [4.69, 9.17) is 5.11 Å². The van der Waals surface area contributed by atoms with Crippen LogP contribution in [0.15, 0.2) is 0 Å². The van der Waals surface area contributed by atoms with Gasteiger partial charge in [0.25, 0.3) is 5.91 Å². The summed E-state index contributed by atoms with van der Waals surface area (Å²) in [6, 6.07) is -0.866. The number of likely N-dealkylation sites (N-methyl/N-ethyl adjacent to an activating group) is 1. The molecule has 0 aromatic carbocycles. The van der Waals surface area contributed by atoms with Crippen molar-refractivity contribution in [2.24, 2.45) is 0 Å². The summed E-state index contributed by atoms with van der Waals surface area (Å²) in [5.74, 6) is -0.849. The van der Waals surface area contributed by atoms with Crippen LogP contribution in [-0.2, 0) is 9.59 Å². The van der Waals surface area contributed by atoms with E-state index in [1.165, 1.54) is 11.9 Å². The average molecular weight is 229 g/mol. The number of rotatable bonds is 4. The van der Waals surface area contributed by atoms with Crippen LogP contribution in [0.3, 0.4) is 0 Å². The number of hydrogen-bond donors (Lipinski definition) is 2. The predicted molar refractivity (Wildman–Crippen MR) is 54.4 cm³/mol. The Bertz CT molecular complexity index is 318. The van der Waals surface area contributed by atoms with E-state index in [9.17, 15) is 14.4 Å². The van der Waals surface area contributed by atoms with Crippen LogP contribution < -0.4 is 5.32 Å². The normalized spacial score (nSPS) is 17.9. The molecule has 1 saturated heterocycles. The predicted octanol–water partition coefficient (Wildman–Crippen LogP) is -1.62. The van der Waals surface area contributed by atoms with Crippen LogP contribution in [0.1, 0.15) is 6.92 Å². The molecule has 0 radical (unpaired) electrons. The zero-order valence-corrected chi connectivity index (χ0v) is 9.27. The lowest BCUT2D eigenvalue weighted by atomic mass is 10.3. The fourth-order valence-electron chi connectivity index (χ4n) is 1.33. The van der Waals surface area contributed by atoms with Crippen molar-refractivity contribution in [2.45, 2.75) is 13.0 Å². The van der Waals surface area contributed by atoms with Crippen LogP contribution in [-0.4, -0.2) is 65.5 Å². The Balaban J connectivity index is 2.51. The van der Waals surface area contributed by atoms with Gasteiger partial charge in [0.15, 0.2) is 0 Å². The first kappa shape index (κ1) is 12.4. The maximum atomic E-state index is 11.4. The van der Waals surface area contributed by atoms with Gasteiger partial charge in [0, 0.05) is 13.1 Å². The van der Waals surface area contributed by atoms with Crippen molar-refractivity contribution in [1.29, 1.82) is 0 Å². The van der Waals surface area contributed by atoms with Gasteiger partial charge in [0.2, 0.25) is 5.91 Å². The van der Waals surface area contributed by atoms with E-state index >= 15 is 0 Å². The van der Waals surface area contributed by atoms with Crippen molar-refractivity contribution in [3.63, 3.8) is 0 Å². The molecule has 1 aliphatic heterocycles. The summed E-state index contributed by atoms with van der Waals surface area (Å²) < 4.78 is 0. The van der Waals surface area contributed by atoms with E-state index < -0.39 is 18.0 Å². The molecule has 4 amide bonds. The van der Waals surface area contributed by atoms with Gasteiger partial charge in [-0.3, -0.25) is 14.5 Å². The Morgan fingerprint density at radius 1 is 1.56 bits per heavy atom. The number of aliphatic hydroxyl groups excluding tert-OH is 1. The average Bonchev–Trinajstić information content (AvgIpc) is 2.45. The first-order chi connectivity index (χ1) is 7.45. The molecule has 1 aliphatic rings. The first-order valence-electron chi connectivity index (χ1n) is 4.91. The van der Waals surface area contributed by atoms with Crippen molar-refractivity contribution in [2.75, 3.05) is 26.7 Å². The van der Waals surface area contributed by atoms with E-state index in [0.717, 1.165) is 4.90 Å². The third-order valence-corrected chi connectivity index (χ3v) is 2.21. The molecule has 0 spiro atoms. The van der Waals surface area contributed by atoms with Gasteiger partial charge in [0.05, 0.1) is 6.61 Å². The molecule has 0 aromatic rings. The van der Waals surface area contributed by atoms with Gasteiger partial charge in [-0.1, -0.05) is 0 Å². The van der Waals surface area contributed by atoms with Crippen LogP contribution in [0.2, 0.25) is 0 Å². The Morgan fingerprint density at radius 3 is 2.62 bits per heavy atom. The lowest BCUT2D eigenvalue weighted by Gasteiger charge is -2.15. The van der Waals surface area contributed by atoms with Crippen LogP contribution in [0.5, 0.6) is 0 Å². The number of amides is 4. The Hall–Kier alpha value is -1.63. The highest BCUT2D eigenvalue weighted by atomic mass is 16.3. The number of nitrogens with one attached hydrogen (secondary N) is 1. The van der Waals surface area contributed by atoms with Crippen LogP contribution in [0, 0.1) is 0 Å². The van der Waals surface area contributed by atoms with Crippen LogP contribution in [0.25, 0.3) is 0 Å².